The molecule has 1 N–H and O–H groups in total. The molecular weight excluding hydrogens is 332 g/mol. The molecule has 0 aromatic heterocycles. The number of aliphatic hydroxyl groups is 1. The van der Waals surface area contributed by atoms with Gasteiger partial charge >= 0.3 is 11.9 Å². The molecule has 0 aromatic carbocycles. The number of fused-ring (bicyclic) bond motifs is 3. The molecule has 4 rings (SSSR count). The highest BCUT2D eigenvalue weighted by atomic mass is 16.5. The molecule has 5 heteroatoms. The Labute approximate surface area is 155 Å². The SMILES string of the molecule is C=C1C[C@]23C[C@H]1CCC2[C@]1(C(=O)OC)CC[C@@H](O)C(C)C1[C@@H]3C(=O)OC. The number of hydrogen-bond donors (Lipinski definition) is 1. The van der Waals surface area contributed by atoms with E-state index >= 15 is 0 Å². The maximum atomic E-state index is 13.2. The lowest BCUT2D eigenvalue weighted by Crippen LogP contribution is -2.52. The zero-order valence-corrected chi connectivity index (χ0v) is 16.0. The molecule has 4 aliphatic carbocycles. The second kappa shape index (κ2) is 5.82. The summed E-state index contributed by atoms with van der Waals surface area (Å²) in [5, 5.41) is 10.6. The lowest BCUT2D eigenvalue weighted by molar-refractivity contribution is -0.171. The Kier molecular flexibility index (Phi) is 4.03. The van der Waals surface area contributed by atoms with Crippen molar-refractivity contribution in [1.29, 1.82) is 0 Å². The van der Waals surface area contributed by atoms with E-state index in [0.29, 0.717) is 18.8 Å². The molecule has 26 heavy (non-hydrogen) atoms. The van der Waals surface area contributed by atoms with Crippen LogP contribution in [-0.4, -0.2) is 37.4 Å². The van der Waals surface area contributed by atoms with Gasteiger partial charge in [-0.05, 0) is 67.6 Å². The minimum atomic E-state index is -0.693. The average Bonchev–Trinajstić information content (AvgIpc) is 3.05. The summed E-state index contributed by atoms with van der Waals surface area (Å²) in [6.07, 6.45) is 4.33. The Bertz CT molecular complexity index is 657. The number of carbonyl (C=O) groups excluding carboxylic acids is 2. The number of esters is 2. The number of allylic oxidation sites excluding steroid dienone is 1. The topological polar surface area (TPSA) is 72.8 Å². The van der Waals surface area contributed by atoms with Crippen LogP contribution in [0.25, 0.3) is 0 Å². The molecule has 0 aliphatic heterocycles. The maximum absolute atomic E-state index is 13.2. The first-order chi connectivity index (χ1) is 12.3. The molecule has 0 aromatic rings. The maximum Gasteiger partial charge on any atom is 0.312 e. The summed E-state index contributed by atoms with van der Waals surface area (Å²) in [6, 6.07) is 0. The van der Waals surface area contributed by atoms with Crippen LogP contribution in [0.5, 0.6) is 0 Å². The molecule has 1 spiro atoms. The highest BCUT2D eigenvalue weighted by molar-refractivity contribution is 5.83. The fourth-order valence-electron chi connectivity index (χ4n) is 7.66. The van der Waals surface area contributed by atoms with Crippen LogP contribution in [0.15, 0.2) is 12.2 Å². The summed E-state index contributed by atoms with van der Waals surface area (Å²) < 4.78 is 10.6. The predicted molar refractivity (Wildman–Crippen MR) is 94.9 cm³/mol. The van der Waals surface area contributed by atoms with Crippen molar-refractivity contribution in [2.75, 3.05) is 14.2 Å². The molecule has 8 atom stereocenters. The number of ether oxygens (including phenoxy) is 2. The van der Waals surface area contributed by atoms with E-state index in [1.54, 1.807) is 0 Å². The van der Waals surface area contributed by atoms with Crippen molar-refractivity contribution in [1.82, 2.24) is 0 Å². The Hall–Kier alpha value is -1.36. The molecule has 4 fully saturated rings. The monoisotopic (exact) mass is 362 g/mol. The minimum Gasteiger partial charge on any atom is -0.469 e. The van der Waals surface area contributed by atoms with Gasteiger partial charge in [-0.1, -0.05) is 19.1 Å². The van der Waals surface area contributed by atoms with E-state index in [1.807, 2.05) is 6.92 Å². The van der Waals surface area contributed by atoms with E-state index < -0.39 is 11.5 Å². The smallest absolute Gasteiger partial charge is 0.312 e. The van der Waals surface area contributed by atoms with E-state index in [9.17, 15) is 14.7 Å². The molecule has 5 nitrogen and oxygen atoms in total. The van der Waals surface area contributed by atoms with E-state index in [0.717, 1.165) is 25.7 Å². The summed E-state index contributed by atoms with van der Waals surface area (Å²) in [5.74, 6) is -0.644. The van der Waals surface area contributed by atoms with Crippen LogP contribution in [0, 0.1) is 40.4 Å². The van der Waals surface area contributed by atoms with Crippen LogP contribution in [0.2, 0.25) is 0 Å². The molecule has 4 saturated carbocycles. The minimum absolute atomic E-state index is 0.0991. The first-order valence-electron chi connectivity index (χ1n) is 9.85. The fourth-order valence-corrected chi connectivity index (χ4v) is 7.66. The fraction of sp³-hybridized carbons (Fsp3) is 0.810. The first kappa shape index (κ1) is 18.0. The number of rotatable bonds is 2. The third kappa shape index (κ3) is 1.96. The average molecular weight is 362 g/mol. The van der Waals surface area contributed by atoms with Crippen LogP contribution < -0.4 is 0 Å². The van der Waals surface area contributed by atoms with Crippen LogP contribution >= 0.6 is 0 Å². The standard InChI is InChI=1S/C21H30O5/c1-11-9-20-10-13(11)5-6-15(20)21(19(24)26-4)8-7-14(22)12(2)16(21)17(20)18(23)25-3/h12-17,22H,1,5-10H2,2-4H3/t12?,13-,14-,15?,16?,17-,20+,21-/m1/s1. The Morgan fingerprint density at radius 3 is 2.58 bits per heavy atom. The van der Waals surface area contributed by atoms with Crippen molar-refractivity contribution < 1.29 is 24.2 Å². The van der Waals surface area contributed by atoms with E-state index in [4.69, 9.17) is 9.47 Å². The normalized spacial score (nSPS) is 49.3. The molecule has 0 amide bonds. The molecule has 0 heterocycles. The summed E-state index contributed by atoms with van der Waals surface area (Å²) in [6.45, 7) is 6.28. The van der Waals surface area contributed by atoms with Gasteiger partial charge in [0.15, 0.2) is 0 Å². The Morgan fingerprint density at radius 2 is 1.92 bits per heavy atom. The van der Waals surface area contributed by atoms with Crippen LogP contribution in [0.4, 0.5) is 0 Å². The third-order valence-electron chi connectivity index (χ3n) is 8.50. The van der Waals surface area contributed by atoms with Gasteiger partial charge in [0.05, 0.1) is 31.7 Å². The number of carbonyl (C=O) groups is 2. The number of methoxy groups -OCH3 is 2. The molecule has 3 unspecified atom stereocenters. The zero-order chi connectivity index (χ0) is 18.9. The zero-order valence-electron chi connectivity index (χ0n) is 16.0. The molecule has 0 saturated heterocycles. The Morgan fingerprint density at radius 1 is 1.19 bits per heavy atom. The number of aliphatic hydroxyl groups excluding tert-OH is 1. The molecule has 0 radical (unpaired) electrons. The van der Waals surface area contributed by atoms with Gasteiger partial charge in [-0.15, -0.1) is 0 Å². The lowest BCUT2D eigenvalue weighted by Gasteiger charge is -2.47. The first-order valence-corrected chi connectivity index (χ1v) is 9.85. The highest BCUT2D eigenvalue weighted by Gasteiger charge is 2.76. The summed E-state index contributed by atoms with van der Waals surface area (Å²) >= 11 is 0. The molecule has 144 valence electrons. The second-order valence-electron chi connectivity index (χ2n) is 9.12. The van der Waals surface area contributed by atoms with Gasteiger partial charge in [-0.2, -0.15) is 0 Å². The van der Waals surface area contributed by atoms with Gasteiger partial charge in [0.1, 0.15) is 0 Å². The van der Waals surface area contributed by atoms with Crippen LogP contribution in [0.3, 0.4) is 0 Å². The van der Waals surface area contributed by atoms with Crippen LogP contribution in [0.1, 0.15) is 45.4 Å². The highest BCUT2D eigenvalue weighted by Crippen LogP contribution is 2.76. The molecule has 4 aliphatic rings. The van der Waals surface area contributed by atoms with Gasteiger partial charge in [0.2, 0.25) is 0 Å². The summed E-state index contributed by atoms with van der Waals surface area (Å²) in [7, 11) is 2.88. The molecule has 2 bridgehead atoms. The van der Waals surface area contributed by atoms with E-state index in [1.165, 1.54) is 19.8 Å². The van der Waals surface area contributed by atoms with E-state index in [2.05, 4.69) is 6.58 Å². The Balaban J connectivity index is 1.94. The van der Waals surface area contributed by atoms with Crippen molar-refractivity contribution in [2.45, 2.75) is 51.6 Å². The van der Waals surface area contributed by atoms with Gasteiger partial charge in [0, 0.05) is 0 Å². The van der Waals surface area contributed by atoms with Gasteiger partial charge in [-0.3, -0.25) is 9.59 Å². The summed E-state index contributed by atoms with van der Waals surface area (Å²) in [5.41, 5.74) is 0.250. The van der Waals surface area contributed by atoms with Crippen molar-refractivity contribution in [3.8, 4) is 0 Å². The van der Waals surface area contributed by atoms with Crippen LogP contribution in [-0.2, 0) is 19.1 Å². The van der Waals surface area contributed by atoms with Gasteiger partial charge < -0.3 is 14.6 Å². The van der Waals surface area contributed by atoms with Crippen molar-refractivity contribution in [2.24, 2.45) is 40.4 Å². The van der Waals surface area contributed by atoms with Gasteiger partial charge in [-0.25, -0.2) is 0 Å². The van der Waals surface area contributed by atoms with Gasteiger partial charge in [0.25, 0.3) is 0 Å². The quantitative estimate of drug-likeness (QED) is 0.604. The molecular formula is C21H30O5. The summed E-state index contributed by atoms with van der Waals surface area (Å²) in [4.78, 5) is 26.2. The predicted octanol–water partition coefficient (Wildman–Crippen LogP) is 2.72. The third-order valence-corrected chi connectivity index (χ3v) is 8.50. The van der Waals surface area contributed by atoms with Crippen molar-refractivity contribution >= 4 is 11.9 Å². The number of hydrogen-bond acceptors (Lipinski definition) is 5. The van der Waals surface area contributed by atoms with E-state index in [-0.39, 0.29) is 41.0 Å². The van der Waals surface area contributed by atoms with Crippen molar-refractivity contribution in [3.63, 3.8) is 0 Å². The van der Waals surface area contributed by atoms with Crippen molar-refractivity contribution in [3.05, 3.63) is 12.2 Å². The lowest BCUT2D eigenvalue weighted by atomic mass is 9.56. The largest absolute Gasteiger partial charge is 0.469 e. The second-order valence-corrected chi connectivity index (χ2v) is 9.12.